The molecule has 0 aromatic heterocycles. The van der Waals surface area contributed by atoms with E-state index in [9.17, 15) is 4.79 Å². The molecule has 0 spiro atoms. The molecule has 1 unspecified atom stereocenters. The van der Waals surface area contributed by atoms with E-state index in [-0.39, 0.29) is 5.91 Å². The fourth-order valence-electron chi connectivity index (χ4n) is 2.43. The molecule has 0 aliphatic carbocycles. The van der Waals surface area contributed by atoms with Gasteiger partial charge in [-0.2, -0.15) is 0 Å². The van der Waals surface area contributed by atoms with Crippen LogP contribution in [-0.2, 0) is 4.79 Å². The summed E-state index contributed by atoms with van der Waals surface area (Å²) < 4.78 is 0. The van der Waals surface area contributed by atoms with E-state index in [4.69, 9.17) is 0 Å². The molecule has 0 aromatic carbocycles. The van der Waals surface area contributed by atoms with Crippen molar-refractivity contribution in [2.75, 3.05) is 39.8 Å². The fourth-order valence-corrected chi connectivity index (χ4v) is 2.43. The molecule has 106 valence electrons. The molecular formula is C14H29N3O. The molecule has 1 heterocycles. The molecule has 1 fully saturated rings. The van der Waals surface area contributed by atoms with E-state index >= 15 is 0 Å². The van der Waals surface area contributed by atoms with E-state index in [1.807, 2.05) is 14.0 Å². The van der Waals surface area contributed by atoms with Crippen LogP contribution in [-0.4, -0.2) is 61.5 Å². The van der Waals surface area contributed by atoms with Crippen molar-refractivity contribution in [2.45, 2.75) is 39.7 Å². The Balaban J connectivity index is 2.46. The number of hydrogen-bond acceptors (Lipinski definition) is 3. The minimum absolute atomic E-state index is 0.233. The van der Waals surface area contributed by atoms with Crippen LogP contribution in [0.4, 0.5) is 0 Å². The van der Waals surface area contributed by atoms with Crippen molar-refractivity contribution in [1.29, 1.82) is 0 Å². The van der Waals surface area contributed by atoms with Crippen molar-refractivity contribution in [3.8, 4) is 0 Å². The average molecular weight is 255 g/mol. The van der Waals surface area contributed by atoms with Crippen LogP contribution < -0.4 is 5.32 Å². The van der Waals surface area contributed by atoms with Crippen LogP contribution in [0.1, 0.15) is 33.6 Å². The van der Waals surface area contributed by atoms with E-state index in [0.717, 1.165) is 26.2 Å². The third kappa shape index (κ3) is 5.36. The van der Waals surface area contributed by atoms with Gasteiger partial charge >= 0.3 is 0 Å². The topological polar surface area (TPSA) is 35.6 Å². The Morgan fingerprint density at radius 1 is 1.44 bits per heavy atom. The molecular weight excluding hydrogens is 226 g/mol. The van der Waals surface area contributed by atoms with Gasteiger partial charge in [0.25, 0.3) is 0 Å². The van der Waals surface area contributed by atoms with Crippen LogP contribution in [0, 0.1) is 5.92 Å². The number of nitrogens with one attached hydrogen (secondary N) is 1. The smallest absolute Gasteiger partial charge is 0.236 e. The van der Waals surface area contributed by atoms with E-state index in [1.54, 1.807) is 4.90 Å². The summed E-state index contributed by atoms with van der Waals surface area (Å²) in [5, 5.41) is 3.51. The molecule has 1 N–H and O–H groups in total. The number of hydrogen-bond donors (Lipinski definition) is 1. The Hall–Kier alpha value is -0.610. The predicted octanol–water partition coefficient (Wildman–Crippen LogP) is 1.17. The molecule has 1 rings (SSSR count). The van der Waals surface area contributed by atoms with Gasteiger partial charge in [-0.25, -0.2) is 0 Å². The molecule has 0 aromatic rings. The Bertz CT molecular complexity index is 249. The van der Waals surface area contributed by atoms with Crippen molar-refractivity contribution in [3.63, 3.8) is 0 Å². The lowest BCUT2D eigenvalue weighted by Gasteiger charge is -2.28. The van der Waals surface area contributed by atoms with Gasteiger partial charge in [-0.1, -0.05) is 13.8 Å². The number of amides is 1. The predicted molar refractivity (Wildman–Crippen MR) is 75.6 cm³/mol. The van der Waals surface area contributed by atoms with Crippen molar-refractivity contribution >= 4 is 5.91 Å². The summed E-state index contributed by atoms with van der Waals surface area (Å²) in [6, 6.07) is 0.573. The lowest BCUT2D eigenvalue weighted by Crippen LogP contribution is -2.45. The highest BCUT2D eigenvalue weighted by molar-refractivity contribution is 5.77. The van der Waals surface area contributed by atoms with Crippen molar-refractivity contribution in [3.05, 3.63) is 0 Å². The van der Waals surface area contributed by atoms with Gasteiger partial charge in [0.1, 0.15) is 0 Å². The average Bonchev–Trinajstić information content (AvgIpc) is 2.79. The van der Waals surface area contributed by atoms with E-state index < -0.39 is 0 Å². The molecule has 0 saturated carbocycles. The summed E-state index contributed by atoms with van der Waals surface area (Å²) >= 11 is 0. The molecule has 1 atom stereocenters. The number of likely N-dealkylation sites (N-methyl/N-ethyl adjacent to an activating group) is 1. The summed E-state index contributed by atoms with van der Waals surface area (Å²) in [5.74, 6) is 0.835. The summed E-state index contributed by atoms with van der Waals surface area (Å²) in [7, 11) is 1.88. The first kappa shape index (κ1) is 15.4. The van der Waals surface area contributed by atoms with E-state index in [2.05, 4.69) is 24.1 Å². The highest BCUT2D eigenvalue weighted by Crippen LogP contribution is 2.09. The molecule has 4 nitrogen and oxygen atoms in total. The summed E-state index contributed by atoms with van der Waals surface area (Å²) in [6.07, 6.45) is 2.51. The number of nitrogens with zero attached hydrogens (tertiary/aromatic N) is 2. The van der Waals surface area contributed by atoms with Crippen LogP contribution in [0.3, 0.4) is 0 Å². The van der Waals surface area contributed by atoms with Gasteiger partial charge in [0.05, 0.1) is 6.54 Å². The maximum atomic E-state index is 12.0. The first-order valence-corrected chi connectivity index (χ1v) is 7.22. The van der Waals surface area contributed by atoms with Crippen LogP contribution in [0.2, 0.25) is 0 Å². The Morgan fingerprint density at radius 3 is 2.67 bits per heavy atom. The van der Waals surface area contributed by atoms with Crippen molar-refractivity contribution < 1.29 is 4.79 Å². The molecule has 1 amide bonds. The van der Waals surface area contributed by atoms with Gasteiger partial charge in [0.15, 0.2) is 0 Å². The summed E-state index contributed by atoms with van der Waals surface area (Å²) in [4.78, 5) is 16.1. The van der Waals surface area contributed by atoms with Crippen LogP contribution >= 0.6 is 0 Å². The third-order valence-electron chi connectivity index (χ3n) is 3.52. The quantitative estimate of drug-likeness (QED) is 0.742. The zero-order valence-corrected chi connectivity index (χ0v) is 12.4. The second kappa shape index (κ2) is 7.74. The largest absolute Gasteiger partial charge is 0.345 e. The molecule has 1 aliphatic heterocycles. The van der Waals surface area contributed by atoms with Crippen LogP contribution in [0.5, 0.6) is 0 Å². The van der Waals surface area contributed by atoms with E-state index in [1.165, 1.54) is 12.8 Å². The second-order valence-corrected chi connectivity index (χ2v) is 5.79. The van der Waals surface area contributed by atoms with Gasteiger partial charge in [-0.3, -0.25) is 9.69 Å². The van der Waals surface area contributed by atoms with Crippen molar-refractivity contribution in [2.24, 2.45) is 5.92 Å². The fraction of sp³-hybridized carbons (Fsp3) is 0.929. The van der Waals surface area contributed by atoms with E-state index in [0.29, 0.717) is 18.5 Å². The highest BCUT2D eigenvalue weighted by Gasteiger charge is 2.21. The zero-order chi connectivity index (χ0) is 13.5. The van der Waals surface area contributed by atoms with Crippen LogP contribution in [0.25, 0.3) is 0 Å². The molecule has 1 aliphatic rings. The lowest BCUT2D eigenvalue weighted by molar-refractivity contribution is -0.131. The SMILES string of the molecule is CCN(C)C(=O)CN(CC(C)C)CC1CCCN1. The van der Waals surface area contributed by atoms with Crippen LogP contribution in [0.15, 0.2) is 0 Å². The first-order chi connectivity index (χ1) is 8.52. The Labute approximate surface area is 112 Å². The Morgan fingerprint density at radius 2 is 2.17 bits per heavy atom. The van der Waals surface area contributed by atoms with Crippen molar-refractivity contribution in [1.82, 2.24) is 15.1 Å². The van der Waals surface area contributed by atoms with Gasteiger partial charge in [-0.15, -0.1) is 0 Å². The van der Waals surface area contributed by atoms with Gasteiger partial charge in [0, 0.05) is 32.7 Å². The standard InChI is InChI=1S/C14H29N3O/c1-5-16(4)14(18)11-17(9-12(2)3)10-13-7-6-8-15-13/h12-13,15H,5-11H2,1-4H3. The maximum Gasteiger partial charge on any atom is 0.236 e. The normalized spacial score (nSPS) is 19.8. The maximum absolute atomic E-state index is 12.0. The molecule has 1 saturated heterocycles. The molecule has 4 heteroatoms. The summed E-state index contributed by atoms with van der Waals surface area (Å²) in [5.41, 5.74) is 0. The lowest BCUT2D eigenvalue weighted by atomic mass is 10.1. The molecule has 0 bridgehead atoms. The monoisotopic (exact) mass is 255 g/mol. The molecule has 18 heavy (non-hydrogen) atoms. The minimum Gasteiger partial charge on any atom is -0.345 e. The number of rotatable bonds is 7. The zero-order valence-electron chi connectivity index (χ0n) is 12.4. The summed E-state index contributed by atoms with van der Waals surface area (Å²) in [6.45, 7) is 10.9. The van der Waals surface area contributed by atoms with Gasteiger partial charge < -0.3 is 10.2 Å². The number of carbonyl (C=O) groups is 1. The second-order valence-electron chi connectivity index (χ2n) is 5.79. The molecule has 0 radical (unpaired) electrons. The highest BCUT2D eigenvalue weighted by atomic mass is 16.2. The minimum atomic E-state index is 0.233. The number of carbonyl (C=O) groups excluding carboxylic acids is 1. The first-order valence-electron chi connectivity index (χ1n) is 7.22. The third-order valence-corrected chi connectivity index (χ3v) is 3.52. The van der Waals surface area contributed by atoms with Gasteiger partial charge in [-0.05, 0) is 32.2 Å². The van der Waals surface area contributed by atoms with Gasteiger partial charge in [0.2, 0.25) is 5.91 Å². The Kier molecular flexibility index (Phi) is 6.65.